The molecule has 1 atom stereocenters. The van der Waals surface area contributed by atoms with Gasteiger partial charge in [0.1, 0.15) is 6.04 Å². The highest BCUT2D eigenvalue weighted by atomic mass is 16.5. The van der Waals surface area contributed by atoms with Crippen LogP contribution < -0.4 is 5.32 Å². The smallest absolute Gasteiger partial charge is 0.328 e. The number of esters is 2. The van der Waals surface area contributed by atoms with Gasteiger partial charge < -0.3 is 14.8 Å². The topological polar surface area (TPSA) is 81.7 Å². The second-order valence-corrected chi connectivity index (χ2v) is 5.56. The third-order valence-electron chi connectivity index (χ3n) is 3.91. The molecule has 2 aromatic carbocycles. The second-order valence-electron chi connectivity index (χ2n) is 5.56. The van der Waals surface area contributed by atoms with Crippen molar-refractivity contribution in [2.45, 2.75) is 25.3 Å². The molecule has 0 spiro atoms. The fourth-order valence-electron chi connectivity index (χ4n) is 2.61. The van der Waals surface area contributed by atoms with Crippen molar-refractivity contribution in [3.8, 4) is 0 Å². The molecule has 1 N–H and O–H groups in total. The fourth-order valence-corrected chi connectivity index (χ4v) is 2.61. The van der Waals surface area contributed by atoms with E-state index in [9.17, 15) is 14.4 Å². The molecule has 132 valence electrons. The molecule has 0 aliphatic carbocycles. The van der Waals surface area contributed by atoms with Gasteiger partial charge in [-0.05, 0) is 16.3 Å². The molecule has 0 unspecified atom stereocenters. The summed E-state index contributed by atoms with van der Waals surface area (Å²) in [5.41, 5.74) is 0.932. The van der Waals surface area contributed by atoms with Crippen molar-refractivity contribution in [1.82, 2.24) is 5.32 Å². The molecule has 0 fully saturated rings. The SMILES string of the molecule is COC(=O)CCC(=O)N[C@@H](Cc1cccc2ccccc12)C(=O)OC. The summed E-state index contributed by atoms with van der Waals surface area (Å²) in [6.45, 7) is 0. The summed E-state index contributed by atoms with van der Waals surface area (Å²) in [5, 5.41) is 4.71. The first-order valence-corrected chi connectivity index (χ1v) is 7.95. The molecule has 2 rings (SSSR count). The first-order chi connectivity index (χ1) is 12.0. The molecule has 0 heterocycles. The molecule has 1 amide bonds. The van der Waals surface area contributed by atoms with Crippen molar-refractivity contribution in [2.24, 2.45) is 0 Å². The summed E-state index contributed by atoms with van der Waals surface area (Å²) >= 11 is 0. The van der Waals surface area contributed by atoms with Gasteiger partial charge in [-0.3, -0.25) is 9.59 Å². The average molecular weight is 343 g/mol. The molecule has 0 aromatic heterocycles. The van der Waals surface area contributed by atoms with E-state index >= 15 is 0 Å². The van der Waals surface area contributed by atoms with Crippen LogP contribution in [0.4, 0.5) is 0 Å². The number of carbonyl (C=O) groups excluding carboxylic acids is 3. The average Bonchev–Trinajstić information content (AvgIpc) is 2.65. The van der Waals surface area contributed by atoms with E-state index in [-0.39, 0.29) is 12.8 Å². The van der Waals surface area contributed by atoms with Gasteiger partial charge in [-0.1, -0.05) is 42.5 Å². The molecule has 2 aromatic rings. The van der Waals surface area contributed by atoms with E-state index in [0.717, 1.165) is 16.3 Å². The monoisotopic (exact) mass is 343 g/mol. The van der Waals surface area contributed by atoms with Crippen LogP contribution in [0.5, 0.6) is 0 Å². The highest BCUT2D eigenvalue weighted by Gasteiger charge is 2.23. The minimum absolute atomic E-state index is 0.0372. The van der Waals surface area contributed by atoms with Crippen LogP contribution in [0.3, 0.4) is 0 Å². The first-order valence-electron chi connectivity index (χ1n) is 7.95. The Morgan fingerprint density at radius 2 is 1.68 bits per heavy atom. The largest absolute Gasteiger partial charge is 0.469 e. The van der Waals surface area contributed by atoms with Gasteiger partial charge >= 0.3 is 11.9 Å². The van der Waals surface area contributed by atoms with E-state index in [1.807, 2.05) is 42.5 Å². The van der Waals surface area contributed by atoms with Crippen molar-refractivity contribution in [3.63, 3.8) is 0 Å². The summed E-state index contributed by atoms with van der Waals surface area (Å²) in [5.74, 6) is -1.40. The van der Waals surface area contributed by atoms with Crippen LogP contribution in [-0.2, 0) is 30.3 Å². The third-order valence-corrected chi connectivity index (χ3v) is 3.91. The van der Waals surface area contributed by atoms with Crippen LogP contribution >= 0.6 is 0 Å². The molecule has 6 heteroatoms. The highest BCUT2D eigenvalue weighted by molar-refractivity contribution is 5.89. The maximum atomic E-state index is 12.1. The Morgan fingerprint density at radius 1 is 0.960 bits per heavy atom. The number of hydrogen-bond acceptors (Lipinski definition) is 5. The number of fused-ring (bicyclic) bond motifs is 1. The van der Waals surface area contributed by atoms with Crippen LogP contribution in [0.15, 0.2) is 42.5 Å². The molecule has 6 nitrogen and oxygen atoms in total. The van der Waals surface area contributed by atoms with E-state index in [2.05, 4.69) is 10.1 Å². The lowest BCUT2D eigenvalue weighted by Gasteiger charge is -2.17. The predicted molar refractivity (Wildman–Crippen MR) is 92.8 cm³/mol. The van der Waals surface area contributed by atoms with Gasteiger partial charge in [-0.25, -0.2) is 4.79 Å². The number of benzene rings is 2. The van der Waals surface area contributed by atoms with Crippen molar-refractivity contribution in [3.05, 3.63) is 48.0 Å². The summed E-state index contributed by atoms with van der Waals surface area (Å²) in [4.78, 5) is 35.2. The lowest BCUT2D eigenvalue weighted by atomic mass is 9.98. The van der Waals surface area contributed by atoms with Gasteiger partial charge in [0, 0.05) is 12.8 Å². The Kier molecular flexibility index (Phi) is 6.51. The molecule has 0 saturated carbocycles. The van der Waals surface area contributed by atoms with Crippen molar-refractivity contribution in [2.75, 3.05) is 14.2 Å². The van der Waals surface area contributed by atoms with Crippen LogP contribution in [0, 0.1) is 0 Å². The van der Waals surface area contributed by atoms with Crippen LogP contribution in [0.1, 0.15) is 18.4 Å². The predicted octanol–water partition coefficient (Wildman–Crippen LogP) is 1.99. The minimum Gasteiger partial charge on any atom is -0.469 e. The number of hydrogen-bond donors (Lipinski definition) is 1. The molecule has 0 aliphatic rings. The van der Waals surface area contributed by atoms with E-state index in [1.165, 1.54) is 14.2 Å². The van der Waals surface area contributed by atoms with Gasteiger partial charge in [-0.15, -0.1) is 0 Å². The molecule has 0 bridgehead atoms. The summed E-state index contributed by atoms with van der Waals surface area (Å²) in [6, 6.07) is 12.8. The fraction of sp³-hybridized carbons (Fsp3) is 0.316. The molecule has 0 saturated heterocycles. The Labute approximate surface area is 146 Å². The molecule has 0 aliphatic heterocycles. The van der Waals surface area contributed by atoms with Crippen molar-refractivity contribution < 1.29 is 23.9 Å². The Balaban J connectivity index is 2.13. The van der Waals surface area contributed by atoms with E-state index in [4.69, 9.17) is 4.74 Å². The number of nitrogens with one attached hydrogen (secondary N) is 1. The van der Waals surface area contributed by atoms with E-state index < -0.39 is 23.9 Å². The molecular weight excluding hydrogens is 322 g/mol. The van der Waals surface area contributed by atoms with Gasteiger partial charge in [0.15, 0.2) is 0 Å². The maximum Gasteiger partial charge on any atom is 0.328 e. The normalized spacial score (nSPS) is 11.6. The number of rotatable bonds is 7. The zero-order chi connectivity index (χ0) is 18.2. The Morgan fingerprint density at radius 3 is 2.40 bits per heavy atom. The number of amides is 1. The molecule has 0 radical (unpaired) electrons. The summed E-state index contributed by atoms with van der Waals surface area (Å²) < 4.78 is 9.31. The van der Waals surface area contributed by atoms with Crippen LogP contribution in [-0.4, -0.2) is 38.1 Å². The van der Waals surface area contributed by atoms with Gasteiger partial charge in [0.05, 0.1) is 20.6 Å². The third kappa shape index (κ3) is 5.04. The van der Waals surface area contributed by atoms with Crippen molar-refractivity contribution in [1.29, 1.82) is 0 Å². The van der Waals surface area contributed by atoms with Gasteiger partial charge in [0.25, 0.3) is 0 Å². The number of ether oxygens (including phenoxy) is 2. The Hall–Kier alpha value is -2.89. The van der Waals surface area contributed by atoms with Crippen LogP contribution in [0.2, 0.25) is 0 Å². The first kappa shape index (κ1) is 18.4. The van der Waals surface area contributed by atoms with Gasteiger partial charge in [0.2, 0.25) is 5.91 Å². The lowest BCUT2D eigenvalue weighted by molar-refractivity contribution is -0.145. The highest BCUT2D eigenvalue weighted by Crippen LogP contribution is 2.20. The molecule has 25 heavy (non-hydrogen) atoms. The molecular formula is C19H21NO5. The van der Waals surface area contributed by atoms with Crippen molar-refractivity contribution >= 4 is 28.6 Å². The number of carbonyl (C=O) groups is 3. The standard InChI is InChI=1S/C19H21NO5/c1-24-18(22)11-10-17(21)20-16(19(23)25-2)12-14-8-5-7-13-6-3-4-9-15(13)14/h3-9,16H,10-12H2,1-2H3,(H,20,21)/t16-/m0/s1. The Bertz CT molecular complexity index is 766. The summed E-state index contributed by atoms with van der Waals surface area (Å²) in [6.07, 6.45) is 0.220. The minimum atomic E-state index is -0.819. The second kappa shape index (κ2) is 8.82. The maximum absolute atomic E-state index is 12.1. The summed E-state index contributed by atoms with van der Waals surface area (Å²) in [7, 11) is 2.54. The van der Waals surface area contributed by atoms with E-state index in [1.54, 1.807) is 0 Å². The zero-order valence-electron chi connectivity index (χ0n) is 14.3. The van der Waals surface area contributed by atoms with Gasteiger partial charge in [-0.2, -0.15) is 0 Å². The van der Waals surface area contributed by atoms with E-state index in [0.29, 0.717) is 6.42 Å². The zero-order valence-corrected chi connectivity index (χ0v) is 14.3. The van der Waals surface area contributed by atoms with Crippen LogP contribution in [0.25, 0.3) is 10.8 Å². The lowest BCUT2D eigenvalue weighted by Crippen LogP contribution is -2.43. The number of methoxy groups -OCH3 is 2. The quantitative estimate of drug-likeness (QED) is 0.778.